The van der Waals surface area contributed by atoms with Crippen LogP contribution in [0.25, 0.3) is 10.6 Å². The van der Waals surface area contributed by atoms with Crippen LogP contribution in [0, 0.1) is 6.92 Å². The fraction of sp³-hybridized carbons (Fsp3) is 0.500. The number of carbonyl (C=O) groups is 1. The van der Waals surface area contributed by atoms with Gasteiger partial charge in [0.2, 0.25) is 0 Å². The molecule has 0 aliphatic rings. The van der Waals surface area contributed by atoms with Crippen molar-refractivity contribution in [2.45, 2.75) is 39.5 Å². The van der Waals surface area contributed by atoms with Crippen LogP contribution in [0.2, 0.25) is 0 Å². The smallest absolute Gasteiger partial charge is 0.321 e. The van der Waals surface area contributed by atoms with Crippen molar-refractivity contribution >= 4 is 22.5 Å². The molecule has 0 radical (unpaired) electrons. The summed E-state index contributed by atoms with van der Waals surface area (Å²) in [6.07, 6.45) is 2.27. The van der Waals surface area contributed by atoms with Crippen LogP contribution in [0.5, 0.6) is 0 Å². The standard InChI is InChI=1S/C16H23N5O2S/c1-10-12(11-6-8-17-13(20-11)16(2,3)4)24-15(19-10)21-14(23)18-7-5-9-22/h6,8,22H,5,7,9H2,1-4H3,(H2,18,19,21,23). The Balaban J connectivity index is 2.16. The molecule has 2 aromatic heterocycles. The second-order valence-electron chi connectivity index (χ2n) is 6.41. The van der Waals surface area contributed by atoms with Crippen LogP contribution >= 0.6 is 11.3 Å². The Kier molecular flexibility index (Phi) is 5.84. The first-order valence-electron chi connectivity index (χ1n) is 7.78. The summed E-state index contributed by atoms with van der Waals surface area (Å²) in [5.41, 5.74) is 1.48. The number of amides is 2. The highest BCUT2D eigenvalue weighted by Gasteiger charge is 2.19. The van der Waals surface area contributed by atoms with Crippen molar-refractivity contribution in [3.8, 4) is 10.6 Å². The first kappa shape index (κ1) is 18.3. The van der Waals surface area contributed by atoms with Gasteiger partial charge < -0.3 is 10.4 Å². The molecule has 0 aliphatic heterocycles. The molecule has 3 N–H and O–H groups in total. The number of rotatable bonds is 5. The van der Waals surface area contributed by atoms with Crippen LogP contribution in [-0.2, 0) is 5.41 Å². The van der Waals surface area contributed by atoms with E-state index in [9.17, 15) is 4.79 Å². The summed E-state index contributed by atoms with van der Waals surface area (Å²) in [5.74, 6) is 0.768. The molecule has 2 heterocycles. The van der Waals surface area contributed by atoms with E-state index in [-0.39, 0.29) is 18.1 Å². The van der Waals surface area contributed by atoms with Gasteiger partial charge in [-0.1, -0.05) is 32.1 Å². The summed E-state index contributed by atoms with van der Waals surface area (Å²) in [5, 5.41) is 14.6. The van der Waals surface area contributed by atoms with Crippen molar-refractivity contribution in [1.82, 2.24) is 20.3 Å². The highest BCUT2D eigenvalue weighted by molar-refractivity contribution is 7.19. The fourth-order valence-electron chi connectivity index (χ4n) is 1.96. The Morgan fingerprint density at radius 1 is 1.33 bits per heavy atom. The van der Waals surface area contributed by atoms with Crippen molar-refractivity contribution in [1.29, 1.82) is 0 Å². The molecule has 0 aromatic carbocycles. The van der Waals surface area contributed by atoms with E-state index in [1.807, 2.05) is 13.0 Å². The van der Waals surface area contributed by atoms with E-state index in [1.165, 1.54) is 11.3 Å². The van der Waals surface area contributed by atoms with Gasteiger partial charge >= 0.3 is 6.03 Å². The van der Waals surface area contributed by atoms with E-state index in [0.29, 0.717) is 18.1 Å². The number of aromatic nitrogens is 3. The van der Waals surface area contributed by atoms with Crippen LogP contribution in [-0.4, -0.2) is 39.2 Å². The number of hydrogen-bond donors (Lipinski definition) is 3. The minimum absolute atomic E-state index is 0.0462. The molecule has 24 heavy (non-hydrogen) atoms. The Hall–Kier alpha value is -2.06. The second-order valence-corrected chi connectivity index (χ2v) is 7.41. The molecule has 0 aliphatic carbocycles. The Bertz CT molecular complexity index is 709. The van der Waals surface area contributed by atoms with E-state index in [0.717, 1.165) is 22.1 Å². The number of hydrogen-bond acceptors (Lipinski definition) is 6. The molecule has 0 saturated carbocycles. The number of carbonyl (C=O) groups excluding carboxylic acids is 1. The Labute approximate surface area is 145 Å². The number of anilines is 1. The average molecular weight is 349 g/mol. The number of urea groups is 1. The zero-order valence-electron chi connectivity index (χ0n) is 14.4. The van der Waals surface area contributed by atoms with Crippen LogP contribution < -0.4 is 10.6 Å². The van der Waals surface area contributed by atoms with Crippen LogP contribution in [0.15, 0.2) is 12.3 Å². The predicted molar refractivity (Wildman–Crippen MR) is 95.3 cm³/mol. The third-order valence-electron chi connectivity index (χ3n) is 3.20. The lowest BCUT2D eigenvalue weighted by Crippen LogP contribution is -2.29. The van der Waals surface area contributed by atoms with Gasteiger partial charge in [0.25, 0.3) is 0 Å². The molecule has 0 fully saturated rings. The van der Waals surface area contributed by atoms with E-state index in [2.05, 4.69) is 46.4 Å². The molecule has 130 valence electrons. The molecule has 7 nitrogen and oxygen atoms in total. The summed E-state index contributed by atoms with van der Waals surface area (Å²) in [6.45, 7) is 8.55. The van der Waals surface area contributed by atoms with Crippen LogP contribution in [0.3, 0.4) is 0 Å². The SMILES string of the molecule is Cc1nc(NC(=O)NCCCO)sc1-c1ccnc(C(C)(C)C)n1. The number of nitrogens with one attached hydrogen (secondary N) is 2. The molecular formula is C16H23N5O2S. The maximum atomic E-state index is 11.8. The summed E-state index contributed by atoms with van der Waals surface area (Å²) in [6, 6.07) is 1.52. The summed E-state index contributed by atoms with van der Waals surface area (Å²) < 4.78 is 0. The van der Waals surface area contributed by atoms with Crippen molar-refractivity contribution in [2.75, 3.05) is 18.5 Å². The highest BCUT2D eigenvalue weighted by Crippen LogP contribution is 2.32. The summed E-state index contributed by atoms with van der Waals surface area (Å²) >= 11 is 1.38. The topological polar surface area (TPSA) is 100 Å². The molecule has 8 heteroatoms. The lowest BCUT2D eigenvalue weighted by atomic mass is 9.95. The molecule has 0 atom stereocenters. The summed E-state index contributed by atoms with van der Waals surface area (Å²) in [7, 11) is 0. The number of nitrogens with zero attached hydrogens (tertiary/aromatic N) is 3. The maximum absolute atomic E-state index is 11.8. The maximum Gasteiger partial charge on any atom is 0.321 e. The van der Waals surface area contributed by atoms with Gasteiger partial charge in [-0.15, -0.1) is 0 Å². The average Bonchev–Trinajstić information content (AvgIpc) is 2.87. The highest BCUT2D eigenvalue weighted by atomic mass is 32.1. The van der Waals surface area contributed by atoms with Gasteiger partial charge in [0.1, 0.15) is 5.82 Å². The van der Waals surface area contributed by atoms with Crippen LogP contribution in [0.1, 0.15) is 38.7 Å². The van der Waals surface area contributed by atoms with Gasteiger partial charge in [-0.3, -0.25) is 5.32 Å². The van der Waals surface area contributed by atoms with Crippen molar-refractivity contribution in [3.63, 3.8) is 0 Å². The first-order valence-corrected chi connectivity index (χ1v) is 8.60. The molecule has 0 spiro atoms. The van der Waals surface area contributed by atoms with Gasteiger partial charge in [0.15, 0.2) is 5.13 Å². The number of aliphatic hydroxyl groups excluding tert-OH is 1. The zero-order valence-corrected chi connectivity index (χ0v) is 15.2. The van der Waals surface area contributed by atoms with Crippen LogP contribution in [0.4, 0.5) is 9.93 Å². The third kappa shape index (κ3) is 4.72. The normalized spacial score (nSPS) is 11.4. The third-order valence-corrected chi connectivity index (χ3v) is 4.29. The Morgan fingerprint density at radius 2 is 2.08 bits per heavy atom. The number of thiazole rings is 1. The van der Waals surface area contributed by atoms with Gasteiger partial charge in [-0.05, 0) is 19.4 Å². The second kappa shape index (κ2) is 7.67. The lowest BCUT2D eigenvalue weighted by molar-refractivity contribution is 0.249. The lowest BCUT2D eigenvalue weighted by Gasteiger charge is -2.16. The molecule has 2 aromatic rings. The molecule has 0 unspecified atom stereocenters. The summed E-state index contributed by atoms with van der Waals surface area (Å²) in [4.78, 5) is 26.0. The predicted octanol–water partition coefficient (Wildman–Crippen LogP) is 2.71. The molecular weight excluding hydrogens is 326 g/mol. The first-order chi connectivity index (χ1) is 11.3. The molecule has 0 saturated heterocycles. The number of aliphatic hydroxyl groups is 1. The quantitative estimate of drug-likeness (QED) is 0.721. The molecule has 2 rings (SSSR count). The van der Waals surface area contributed by atoms with E-state index >= 15 is 0 Å². The zero-order chi connectivity index (χ0) is 17.7. The van der Waals surface area contributed by atoms with Gasteiger partial charge in [-0.2, -0.15) is 0 Å². The van der Waals surface area contributed by atoms with Crippen molar-refractivity contribution < 1.29 is 9.90 Å². The van der Waals surface area contributed by atoms with Gasteiger partial charge in [0, 0.05) is 24.8 Å². The van der Waals surface area contributed by atoms with Crippen molar-refractivity contribution in [3.05, 3.63) is 23.8 Å². The van der Waals surface area contributed by atoms with Crippen molar-refractivity contribution in [2.24, 2.45) is 0 Å². The van der Waals surface area contributed by atoms with E-state index in [1.54, 1.807) is 6.20 Å². The molecule has 0 bridgehead atoms. The van der Waals surface area contributed by atoms with E-state index in [4.69, 9.17) is 5.11 Å². The number of aryl methyl sites for hydroxylation is 1. The Morgan fingerprint density at radius 3 is 2.75 bits per heavy atom. The minimum Gasteiger partial charge on any atom is -0.396 e. The van der Waals surface area contributed by atoms with Gasteiger partial charge in [-0.25, -0.2) is 19.7 Å². The largest absolute Gasteiger partial charge is 0.396 e. The van der Waals surface area contributed by atoms with E-state index < -0.39 is 0 Å². The van der Waals surface area contributed by atoms with Gasteiger partial charge in [0.05, 0.1) is 16.3 Å². The molecule has 2 amide bonds. The monoisotopic (exact) mass is 349 g/mol. The minimum atomic E-state index is -0.332. The fourth-order valence-corrected chi connectivity index (χ4v) is 2.89.